The molecule has 3 heteroatoms. The molecule has 0 aromatic heterocycles. The van der Waals surface area contributed by atoms with E-state index >= 15 is 0 Å². The highest BCUT2D eigenvalue weighted by atomic mass is 16.5. The molecule has 1 aromatic carbocycles. The van der Waals surface area contributed by atoms with Gasteiger partial charge in [0.15, 0.2) is 0 Å². The van der Waals surface area contributed by atoms with Gasteiger partial charge in [-0.3, -0.25) is 4.79 Å². The Morgan fingerprint density at radius 2 is 2.20 bits per heavy atom. The van der Waals surface area contributed by atoms with Crippen molar-refractivity contribution in [3.63, 3.8) is 0 Å². The zero-order valence-corrected chi connectivity index (χ0v) is 8.95. The number of methoxy groups -OCH3 is 2. The van der Waals surface area contributed by atoms with Crippen molar-refractivity contribution in [2.24, 2.45) is 0 Å². The van der Waals surface area contributed by atoms with Crippen LogP contribution in [0.5, 0.6) is 5.75 Å². The Bertz CT molecular complexity index is 384. The van der Waals surface area contributed by atoms with Crippen molar-refractivity contribution < 1.29 is 14.3 Å². The highest BCUT2D eigenvalue weighted by molar-refractivity contribution is 5.79. The first-order valence-corrected chi connectivity index (χ1v) is 5.01. The van der Waals surface area contributed by atoms with Crippen LogP contribution in [0.2, 0.25) is 0 Å². The Balaban J connectivity index is 2.35. The highest BCUT2D eigenvalue weighted by Gasteiger charge is 2.29. The molecule has 1 aliphatic rings. The Morgan fingerprint density at radius 3 is 2.87 bits per heavy atom. The number of ether oxygens (including phenoxy) is 2. The SMILES string of the molecule is COC(=O)C1CCc2ccc(OC)cc21. The van der Waals surface area contributed by atoms with E-state index in [-0.39, 0.29) is 11.9 Å². The maximum absolute atomic E-state index is 11.5. The van der Waals surface area contributed by atoms with E-state index in [1.807, 2.05) is 18.2 Å². The lowest BCUT2D eigenvalue weighted by atomic mass is 10.0. The minimum Gasteiger partial charge on any atom is -0.497 e. The van der Waals surface area contributed by atoms with Gasteiger partial charge in [-0.1, -0.05) is 6.07 Å². The molecule has 2 rings (SSSR count). The molecule has 1 unspecified atom stereocenters. The van der Waals surface area contributed by atoms with Gasteiger partial charge in [-0.2, -0.15) is 0 Å². The van der Waals surface area contributed by atoms with Crippen LogP contribution in [0.4, 0.5) is 0 Å². The molecule has 1 aromatic rings. The molecule has 0 N–H and O–H groups in total. The van der Waals surface area contributed by atoms with Gasteiger partial charge in [-0.05, 0) is 36.1 Å². The first kappa shape index (κ1) is 10.0. The van der Waals surface area contributed by atoms with Crippen LogP contribution < -0.4 is 4.74 Å². The predicted molar refractivity (Wildman–Crippen MR) is 56.1 cm³/mol. The van der Waals surface area contributed by atoms with Crippen molar-refractivity contribution in [3.8, 4) is 5.75 Å². The largest absolute Gasteiger partial charge is 0.497 e. The van der Waals surface area contributed by atoms with Gasteiger partial charge < -0.3 is 9.47 Å². The van der Waals surface area contributed by atoms with Crippen molar-refractivity contribution in [2.45, 2.75) is 18.8 Å². The molecule has 80 valence electrons. The molecule has 15 heavy (non-hydrogen) atoms. The standard InChI is InChI=1S/C12H14O3/c1-14-9-5-3-8-4-6-10(11(8)7-9)12(13)15-2/h3,5,7,10H,4,6H2,1-2H3. The summed E-state index contributed by atoms with van der Waals surface area (Å²) in [5, 5.41) is 0. The fraction of sp³-hybridized carbons (Fsp3) is 0.417. The second-order valence-electron chi connectivity index (χ2n) is 3.68. The summed E-state index contributed by atoms with van der Waals surface area (Å²) in [5.74, 6) is 0.534. The topological polar surface area (TPSA) is 35.5 Å². The molecule has 0 aliphatic heterocycles. The third-order valence-corrected chi connectivity index (χ3v) is 2.92. The van der Waals surface area contributed by atoms with Gasteiger partial charge in [0, 0.05) is 0 Å². The summed E-state index contributed by atoms with van der Waals surface area (Å²) in [4.78, 5) is 11.5. The summed E-state index contributed by atoms with van der Waals surface area (Å²) in [6, 6.07) is 5.89. The molecule has 3 nitrogen and oxygen atoms in total. The monoisotopic (exact) mass is 206 g/mol. The van der Waals surface area contributed by atoms with E-state index in [0.717, 1.165) is 24.2 Å². The Hall–Kier alpha value is -1.51. The minimum atomic E-state index is -0.151. The molecule has 0 radical (unpaired) electrons. The van der Waals surface area contributed by atoms with Crippen molar-refractivity contribution >= 4 is 5.97 Å². The van der Waals surface area contributed by atoms with Crippen LogP contribution in [0, 0.1) is 0 Å². The van der Waals surface area contributed by atoms with Gasteiger partial charge in [0.2, 0.25) is 0 Å². The Labute approximate surface area is 89.0 Å². The average Bonchev–Trinajstić information content (AvgIpc) is 2.70. The summed E-state index contributed by atoms with van der Waals surface area (Å²) >= 11 is 0. The zero-order valence-electron chi connectivity index (χ0n) is 8.95. The lowest BCUT2D eigenvalue weighted by Crippen LogP contribution is -2.11. The lowest BCUT2D eigenvalue weighted by Gasteiger charge is -2.09. The summed E-state index contributed by atoms with van der Waals surface area (Å²) in [7, 11) is 3.06. The van der Waals surface area contributed by atoms with Crippen LogP contribution in [-0.2, 0) is 16.0 Å². The number of fused-ring (bicyclic) bond motifs is 1. The maximum atomic E-state index is 11.5. The molecule has 0 fully saturated rings. The van der Waals surface area contributed by atoms with Gasteiger partial charge in [-0.15, -0.1) is 0 Å². The van der Waals surface area contributed by atoms with Crippen molar-refractivity contribution in [3.05, 3.63) is 29.3 Å². The van der Waals surface area contributed by atoms with Gasteiger partial charge in [-0.25, -0.2) is 0 Å². The van der Waals surface area contributed by atoms with Crippen LogP contribution in [0.1, 0.15) is 23.5 Å². The van der Waals surface area contributed by atoms with Crippen LogP contribution in [0.3, 0.4) is 0 Å². The quantitative estimate of drug-likeness (QED) is 0.693. The molecule has 1 atom stereocenters. The van der Waals surface area contributed by atoms with E-state index in [9.17, 15) is 4.79 Å². The van der Waals surface area contributed by atoms with Crippen LogP contribution in [0.25, 0.3) is 0 Å². The van der Waals surface area contributed by atoms with Gasteiger partial charge in [0.05, 0.1) is 20.1 Å². The molecular weight excluding hydrogens is 192 g/mol. The summed E-state index contributed by atoms with van der Waals surface area (Å²) in [5.41, 5.74) is 2.28. The molecule has 1 aliphatic carbocycles. The number of aryl methyl sites for hydroxylation is 1. The van der Waals surface area contributed by atoms with Crippen LogP contribution in [0.15, 0.2) is 18.2 Å². The number of rotatable bonds is 2. The fourth-order valence-corrected chi connectivity index (χ4v) is 2.09. The van der Waals surface area contributed by atoms with E-state index in [4.69, 9.17) is 9.47 Å². The zero-order chi connectivity index (χ0) is 10.8. The lowest BCUT2D eigenvalue weighted by molar-refractivity contribution is -0.142. The second-order valence-corrected chi connectivity index (χ2v) is 3.68. The van der Waals surface area contributed by atoms with E-state index in [0.29, 0.717) is 0 Å². The summed E-state index contributed by atoms with van der Waals surface area (Å²) < 4.78 is 9.93. The number of hydrogen-bond donors (Lipinski definition) is 0. The highest BCUT2D eigenvalue weighted by Crippen LogP contribution is 2.35. The maximum Gasteiger partial charge on any atom is 0.313 e. The van der Waals surface area contributed by atoms with E-state index in [1.54, 1.807) is 7.11 Å². The number of carbonyl (C=O) groups excluding carboxylic acids is 1. The van der Waals surface area contributed by atoms with Gasteiger partial charge in [0.1, 0.15) is 5.75 Å². The molecule has 0 saturated carbocycles. The van der Waals surface area contributed by atoms with Gasteiger partial charge >= 0.3 is 5.97 Å². The number of benzene rings is 1. The first-order chi connectivity index (χ1) is 7.26. The molecule has 0 heterocycles. The minimum absolute atomic E-state index is 0.111. The smallest absolute Gasteiger partial charge is 0.313 e. The third-order valence-electron chi connectivity index (χ3n) is 2.92. The number of carbonyl (C=O) groups is 1. The van der Waals surface area contributed by atoms with E-state index in [1.165, 1.54) is 12.7 Å². The average molecular weight is 206 g/mol. The van der Waals surface area contributed by atoms with E-state index in [2.05, 4.69) is 0 Å². The fourth-order valence-electron chi connectivity index (χ4n) is 2.09. The second kappa shape index (κ2) is 3.93. The summed E-state index contributed by atoms with van der Waals surface area (Å²) in [6.45, 7) is 0. The molecule has 0 amide bonds. The third kappa shape index (κ3) is 1.69. The number of esters is 1. The van der Waals surface area contributed by atoms with Crippen LogP contribution >= 0.6 is 0 Å². The predicted octanol–water partition coefficient (Wildman–Crippen LogP) is 1.90. The van der Waals surface area contributed by atoms with Crippen molar-refractivity contribution in [2.75, 3.05) is 14.2 Å². The van der Waals surface area contributed by atoms with Crippen LogP contribution in [-0.4, -0.2) is 20.2 Å². The summed E-state index contributed by atoms with van der Waals surface area (Å²) in [6.07, 6.45) is 1.79. The molecule has 0 spiro atoms. The van der Waals surface area contributed by atoms with Crippen molar-refractivity contribution in [1.29, 1.82) is 0 Å². The van der Waals surface area contributed by atoms with Gasteiger partial charge in [0.25, 0.3) is 0 Å². The molecular formula is C12H14O3. The molecule has 0 bridgehead atoms. The first-order valence-electron chi connectivity index (χ1n) is 5.01. The molecule has 0 saturated heterocycles. The Kier molecular flexibility index (Phi) is 2.62. The van der Waals surface area contributed by atoms with Crippen molar-refractivity contribution in [1.82, 2.24) is 0 Å². The number of hydrogen-bond acceptors (Lipinski definition) is 3. The van der Waals surface area contributed by atoms with E-state index < -0.39 is 0 Å². The normalized spacial score (nSPS) is 18.4. The Morgan fingerprint density at radius 1 is 1.40 bits per heavy atom.